The van der Waals surface area contributed by atoms with E-state index in [4.69, 9.17) is 4.42 Å². The molecule has 0 N–H and O–H groups in total. The van der Waals surface area contributed by atoms with Gasteiger partial charge in [0.15, 0.2) is 5.76 Å². The number of rotatable bonds is 3. The number of hydrogen-bond donors (Lipinski definition) is 0. The summed E-state index contributed by atoms with van der Waals surface area (Å²) in [5, 5.41) is 5.05. The molecule has 2 heterocycles. The van der Waals surface area contributed by atoms with Gasteiger partial charge in [-0.2, -0.15) is 5.10 Å². The molecule has 19 heavy (non-hydrogen) atoms. The van der Waals surface area contributed by atoms with Crippen LogP contribution < -0.4 is 0 Å². The molecule has 0 saturated carbocycles. The molecule has 3 aromatic rings. The Labute approximate surface area is 110 Å². The van der Waals surface area contributed by atoms with Gasteiger partial charge in [-0.05, 0) is 38.1 Å². The monoisotopic (exact) mass is 254 g/mol. The van der Waals surface area contributed by atoms with Crippen LogP contribution in [0.5, 0.6) is 0 Å². The zero-order valence-electron chi connectivity index (χ0n) is 10.9. The first-order valence-corrected chi connectivity index (χ1v) is 6.25. The molecule has 0 atom stereocenters. The standard InChI is InChI=1S/C15H14N2O2/c1-3-17-12(6-7-16-17)15(18)14-9-11-8-10(2)4-5-13(11)19-14/h4-9H,3H2,1-2H3. The predicted molar refractivity (Wildman–Crippen MR) is 72.3 cm³/mol. The number of hydrogen-bond acceptors (Lipinski definition) is 3. The highest BCUT2D eigenvalue weighted by molar-refractivity contribution is 6.07. The van der Waals surface area contributed by atoms with Crippen LogP contribution in [0.1, 0.15) is 28.7 Å². The number of aromatic nitrogens is 2. The van der Waals surface area contributed by atoms with Crippen molar-refractivity contribution in [3.05, 3.63) is 53.5 Å². The van der Waals surface area contributed by atoms with Gasteiger partial charge in [-0.25, -0.2) is 0 Å². The van der Waals surface area contributed by atoms with Crippen LogP contribution in [0.2, 0.25) is 0 Å². The lowest BCUT2D eigenvalue weighted by Gasteiger charge is -2.00. The van der Waals surface area contributed by atoms with Crippen molar-refractivity contribution in [2.24, 2.45) is 0 Å². The van der Waals surface area contributed by atoms with Crippen molar-refractivity contribution in [3.63, 3.8) is 0 Å². The molecule has 0 radical (unpaired) electrons. The molecule has 3 rings (SSSR count). The summed E-state index contributed by atoms with van der Waals surface area (Å²) in [7, 11) is 0. The summed E-state index contributed by atoms with van der Waals surface area (Å²) in [6.45, 7) is 4.62. The minimum atomic E-state index is -0.131. The molecule has 0 unspecified atom stereocenters. The second kappa shape index (κ2) is 4.39. The van der Waals surface area contributed by atoms with E-state index in [1.807, 2.05) is 32.0 Å². The van der Waals surface area contributed by atoms with E-state index in [9.17, 15) is 4.79 Å². The Bertz CT molecular complexity index is 752. The van der Waals surface area contributed by atoms with Crippen LogP contribution in [0.3, 0.4) is 0 Å². The Balaban J connectivity index is 2.07. The van der Waals surface area contributed by atoms with Gasteiger partial charge >= 0.3 is 0 Å². The predicted octanol–water partition coefficient (Wildman–Crippen LogP) is 3.19. The number of carbonyl (C=O) groups excluding carboxylic acids is 1. The van der Waals surface area contributed by atoms with Crippen molar-refractivity contribution in [1.82, 2.24) is 9.78 Å². The lowest BCUT2D eigenvalue weighted by atomic mass is 10.1. The molecular weight excluding hydrogens is 240 g/mol. The minimum absolute atomic E-state index is 0.131. The number of furan rings is 1. The maximum Gasteiger partial charge on any atom is 0.246 e. The third kappa shape index (κ3) is 1.95. The molecule has 0 bridgehead atoms. The highest BCUT2D eigenvalue weighted by Gasteiger charge is 2.18. The number of aryl methyl sites for hydroxylation is 2. The molecule has 1 aromatic carbocycles. The molecular formula is C15H14N2O2. The summed E-state index contributed by atoms with van der Waals surface area (Å²) in [6, 6.07) is 9.36. The van der Waals surface area contributed by atoms with Gasteiger partial charge in [0.1, 0.15) is 11.3 Å². The van der Waals surface area contributed by atoms with Crippen LogP contribution in [0.25, 0.3) is 11.0 Å². The summed E-state index contributed by atoms with van der Waals surface area (Å²) in [4.78, 5) is 12.4. The maximum absolute atomic E-state index is 12.4. The lowest BCUT2D eigenvalue weighted by Crippen LogP contribution is -2.09. The molecule has 96 valence electrons. The van der Waals surface area contributed by atoms with E-state index in [0.717, 1.165) is 16.5 Å². The van der Waals surface area contributed by atoms with E-state index in [-0.39, 0.29) is 5.78 Å². The summed E-state index contributed by atoms with van der Waals surface area (Å²) in [5.41, 5.74) is 2.43. The van der Waals surface area contributed by atoms with Gasteiger partial charge in [0.05, 0.1) is 0 Å². The van der Waals surface area contributed by atoms with E-state index >= 15 is 0 Å². The van der Waals surface area contributed by atoms with Crippen LogP contribution >= 0.6 is 0 Å². The molecule has 0 aliphatic carbocycles. The summed E-state index contributed by atoms with van der Waals surface area (Å²) >= 11 is 0. The molecule has 4 heteroatoms. The van der Waals surface area contributed by atoms with Crippen molar-refractivity contribution in [2.45, 2.75) is 20.4 Å². The molecule has 0 fully saturated rings. The number of fused-ring (bicyclic) bond motifs is 1. The Morgan fingerprint density at radius 2 is 2.16 bits per heavy atom. The summed E-state index contributed by atoms with van der Waals surface area (Å²) < 4.78 is 7.28. The quantitative estimate of drug-likeness (QED) is 0.674. The zero-order valence-corrected chi connectivity index (χ0v) is 10.9. The molecule has 0 saturated heterocycles. The first kappa shape index (κ1) is 11.7. The molecule has 2 aromatic heterocycles. The van der Waals surface area contributed by atoms with E-state index < -0.39 is 0 Å². The average molecular weight is 254 g/mol. The second-order valence-corrected chi connectivity index (χ2v) is 4.51. The SMILES string of the molecule is CCn1nccc1C(=O)c1cc2cc(C)ccc2o1. The second-order valence-electron chi connectivity index (χ2n) is 4.51. The van der Waals surface area contributed by atoms with Gasteiger partial charge in [-0.1, -0.05) is 11.6 Å². The zero-order chi connectivity index (χ0) is 13.4. The normalized spacial score (nSPS) is 11.1. The van der Waals surface area contributed by atoms with Crippen LogP contribution in [-0.2, 0) is 6.54 Å². The van der Waals surface area contributed by atoms with E-state index in [2.05, 4.69) is 5.10 Å². The average Bonchev–Trinajstić information content (AvgIpc) is 3.03. The fourth-order valence-electron chi connectivity index (χ4n) is 2.18. The van der Waals surface area contributed by atoms with E-state index in [0.29, 0.717) is 18.0 Å². The molecule has 0 aliphatic heterocycles. The fourth-order valence-corrected chi connectivity index (χ4v) is 2.18. The molecule has 0 spiro atoms. The van der Waals surface area contributed by atoms with Crippen LogP contribution in [0.15, 0.2) is 40.9 Å². The van der Waals surface area contributed by atoms with Crippen LogP contribution in [-0.4, -0.2) is 15.6 Å². The van der Waals surface area contributed by atoms with Crippen molar-refractivity contribution < 1.29 is 9.21 Å². The number of ketones is 1. The van der Waals surface area contributed by atoms with Gasteiger partial charge in [0.2, 0.25) is 5.78 Å². The molecule has 0 aliphatic rings. The number of carbonyl (C=O) groups is 1. The van der Waals surface area contributed by atoms with Gasteiger partial charge < -0.3 is 4.42 Å². The van der Waals surface area contributed by atoms with E-state index in [1.54, 1.807) is 23.0 Å². The van der Waals surface area contributed by atoms with Gasteiger partial charge in [0, 0.05) is 18.1 Å². The third-order valence-electron chi connectivity index (χ3n) is 3.14. The van der Waals surface area contributed by atoms with Crippen LogP contribution in [0, 0.1) is 6.92 Å². The maximum atomic E-state index is 12.4. The van der Waals surface area contributed by atoms with Crippen molar-refractivity contribution in [2.75, 3.05) is 0 Å². The van der Waals surface area contributed by atoms with Crippen LogP contribution in [0.4, 0.5) is 0 Å². The smallest absolute Gasteiger partial charge is 0.246 e. The highest BCUT2D eigenvalue weighted by atomic mass is 16.3. The lowest BCUT2D eigenvalue weighted by molar-refractivity contribution is 0.100. The van der Waals surface area contributed by atoms with Gasteiger partial charge in [-0.3, -0.25) is 9.48 Å². The van der Waals surface area contributed by atoms with Crippen molar-refractivity contribution >= 4 is 16.8 Å². The van der Waals surface area contributed by atoms with E-state index in [1.165, 1.54) is 0 Å². The topological polar surface area (TPSA) is 48.0 Å². The fraction of sp³-hybridized carbons (Fsp3) is 0.200. The summed E-state index contributed by atoms with van der Waals surface area (Å²) in [5.74, 6) is 0.226. The Morgan fingerprint density at radius 3 is 2.95 bits per heavy atom. The Hall–Kier alpha value is -2.36. The first-order valence-electron chi connectivity index (χ1n) is 6.25. The minimum Gasteiger partial charge on any atom is -0.453 e. The number of benzene rings is 1. The van der Waals surface area contributed by atoms with Crippen molar-refractivity contribution in [1.29, 1.82) is 0 Å². The largest absolute Gasteiger partial charge is 0.453 e. The first-order chi connectivity index (χ1) is 9.19. The third-order valence-corrected chi connectivity index (χ3v) is 3.14. The van der Waals surface area contributed by atoms with Crippen molar-refractivity contribution in [3.8, 4) is 0 Å². The highest BCUT2D eigenvalue weighted by Crippen LogP contribution is 2.22. The summed E-state index contributed by atoms with van der Waals surface area (Å²) in [6.07, 6.45) is 1.63. The molecule has 0 amide bonds. The Kier molecular flexibility index (Phi) is 2.71. The van der Waals surface area contributed by atoms with Gasteiger partial charge in [-0.15, -0.1) is 0 Å². The molecule has 4 nitrogen and oxygen atoms in total. The number of nitrogens with zero attached hydrogens (tertiary/aromatic N) is 2. The van der Waals surface area contributed by atoms with Gasteiger partial charge in [0.25, 0.3) is 0 Å². The Morgan fingerprint density at radius 1 is 1.32 bits per heavy atom.